The fourth-order valence-electron chi connectivity index (χ4n) is 2.88. The van der Waals surface area contributed by atoms with Gasteiger partial charge in [0.05, 0.1) is 0 Å². The van der Waals surface area contributed by atoms with Gasteiger partial charge in [-0.1, -0.05) is 35.9 Å². The maximum absolute atomic E-state index is 12.4. The zero-order valence-corrected chi connectivity index (χ0v) is 17.6. The first-order chi connectivity index (χ1) is 13.6. The molecule has 0 atom stereocenters. The molecule has 0 bridgehead atoms. The Kier molecular flexibility index (Phi) is 8.82. The summed E-state index contributed by atoms with van der Waals surface area (Å²) in [6, 6.07) is 15.6. The lowest BCUT2D eigenvalue weighted by Crippen LogP contribution is -2.37. The van der Waals surface area contributed by atoms with Crippen molar-refractivity contribution in [3.05, 3.63) is 70.2 Å². The first-order valence-electron chi connectivity index (χ1n) is 9.64. The summed E-state index contributed by atoms with van der Waals surface area (Å²) >= 11 is 6.02. The van der Waals surface area contributed by atoms with E-state index in [2.05, 4.69) is 21.7 Å². The zero-order valence-electron chi connectivity index (χ0n) is 16.8. The van der Waals surface area contributed by atoms with Crippen molar-refractivity contribution in [2.45, 2.75) is 26.8 Å². The minimum Gasteiger partial charge on any atom is -0.356 e. The van der Waals surface area contributed by atoms with Gasteiger partial charge >= 0.3 is 0 Å². The quantitative estimate of drug-likeness (QED) is 0.524. The molecule has 2 N–H and O–H groups in total. The van der Waals surface area contributed by atoms with Gasteiger partial charge in [-0.2, -0.15) is 0 Å². The highest BCUT2D eigenvalue weighted by atomic mass is 35.5. The maximum atomic E-state index is 12.4. The Morgan fingerprint density at radius 1 is 1.04 bits per heavy atom. The van der Waals surface area contributed by atoms with Crippen molar-refractivity contribution in [1.29, 1.82) is 0 Å². The van der Waals surface area contributed by atoms with Gasteiger partial charge in [0.1, 0.15) is 0 Å². The molecule has 1 amide bonds. The molecule has 0 fully saturated rings. The van der Waals surface area contributed by atoms with E-state index in [-0.39, 0.29) is 5.91 Å². The number of hydrogen-bond acceptors (Lipinski definition) is 2. The zero-order chi connectivity index (χ0) is 20.4. The van der Waals surface area contributed by atoms with Gasteiger partial charge in [-0.25, -0.2) is 0 Å². The summed E-state index contributed by atoms with van der Waals surface area (Å²) in [5.74, 6) is 0.813. The number of aliphatic imine (C=N–C) groups is 1. The highest BCUT2D eigenvalue weighted by Gasteiger charge is 2.11. The average Bonchev–Trinajstić information content (AvgIpc) is 2.72. The number of nitrogens with one attached hydrogen (secondary N) is 2. The third-order valence-corrected chi connectivity index (χ3v) is 4.77. The van der Waals surface area contributed by atoms with E-state index in [1.807, 2.05) is 61.2 Å². The second-order valence-corrected chi connectivity index (χ2v) is 6.84. The molecule has 2 rings (SSSR count). The van der Waals surface area contributed by atoms with Crippen LogP contribution in [0.5, 0.6) is 0 Å². The summed E-state index contributed by atoms with van der Waals surface area (Å²) in [7, 11) is 1.75. The molecular weight excluding hydrogens is 372 g/mol. The van der Waals surface area contributed by atoms with Crippen LogP contribution in [0.15, 0.2) is 53.5 Å². The van der Waals surface area contributed by atoms with Crippen LogP contribution in [0.25, 0.3) is 0 Å². The van der Waals surface area contributed by atoms with Crippen LogP contribution >= 0.6 is 11.6 Å². The SMILES string of the molecule is CCN(CC)C(=O)c1ccc(CNC(=NC)NCCc2cccc(Cl)c2)cc1. The van der Waals surface area contributed by atoms with E-state index in [0.717, 1.165) is 48.2 Å². The van der Waals surface area contributed by atoms with Crippen molar-refractivity contribution in [3.8, 4) is 0 Å². The van der Waals surface area contributed by atoms with Gasteiger partial charge in [0.25, 0.3) is 5.91 Å². The monoisotopic (exact) mass is 400 g/mol. The van der Waals surface area contributed by atoms with E-state index in [4.69, 9.17) is 11.6 Å². The smallest absolute Gasteiger partial charge is 0.253 e. The van der Waals surface area contributed by atoms with Gasteiger partial charge in [0, 0.05) is 43.8 Å². The Labute approximate surface area is 172 Å². The number of nitrogens with zero attached hydrogens (tertiary/aromatic N) is 2. The molecule has 0 aliphatic carbocycles. The van der Waals surface area contributed by atoms with Crippen LogP contribution < -0.4 is 10.6 Å². The molecule has 0 aliphatic heterocycles. The third-order valence-electron chi connectivity index (χ3n) is 4.53. The number of rotatable bonds is 8. The minimum absolute atomic E-state index is 0.0722. The highest BCUT2D eigenvalue weighted by Crippen LogP contribution is 2.11. The van der Waals surface area contributed by atoms with Crippen molar-refractivity contribution < 1.29 is 4.79 Å². The maximum Gasteiger partial charge on any atom is 0.253 e. The van der Waals surface area contributed by atoms with E-state index >= 15 is 0 Å². The second-order valence-electron chi connectivity index (χ2n) is 6.41. The fraction of sp³-hybridized carbons (Fsp3) is 0.364. The van der Waals surface area contributed by atoms with Crippen LogP contribution in [0.4, 0.5) is 0 Å². The Balaban J connectivity index is 1.82. The van der Waals surface area contributed by atoms with Crippen molar-refractivity contribution in [3.63, 3.8) is 0 Å². The number of hydrogen-bond donors (Lipinski definition) is 2. The Morgan fingerprint density at radius 3 is 2.36 bits per heavy atom. The van der Waals surface area contributed by atoms with Crippen LogP contribution in [0.3, 0.4) is 0 Å². The summed E-state index contributed by atoms with van der Waals surface area (Å²) in [5.41, 5.74) is 2.99. The van der Waals surface area contributed by atoms with Crippen LogP contribution in [-0.4, -0.2) is 43.4 Å². The molecule has 150 valence electrons. The molecule has 0 aromatic heterocycles. The van der Waals surface area contributed by atoms with Gasteiger partial charge in [-0.15, -0.1) is 0 Å². The molecule has 2 aromatic carbocycles. The molecule has 2 aromatic rings. The fourth-order valence-corrected chi connectivity index (χ4v) is 3.10. The molecule has 0 aliphatic rings. The van der Waals surface area contributed by atoms with Crippen LogP contribution in [-0.2, 0) is 13.0 Å². The standard InChI is InChI=1S/C22H29ClN4O/c1-4-27(5-2)21(28)19-11-9-18(10-12-19)16-26-22(24-3)25-14-13-17-7-6-8-20(23)15-17/h6-12,15H,4-5,13-14,16H2,1-3H3,(H2,24,25,26). The summed E-state index contributed by atoms with van der Waals surface area (Å²) < 4.78 is 0. The summed E-state index contributed by atoms with van der Waals surface area (Å²) in [5, 5.41) is 7.35. The van der Waals surface area contributed by atoms with Gasteiger partial charge in [-0.3, -0.25) is 9.79 Å². The van der Waals surface area contributed by atoms with E-state index in [9.17, 15) is 4.79 Å². The van der Waals surface area contributed by atoms with Crippen molar-refractivity contribution in [1.82, 2.24) is 15.5 Å². The molecule has 0 spiro atoms. The molecule has 0 saturated heterocycles. The summed E-state index contributed by atoms with van der Waals surface area (Å²) in [6.45, 7) is 6.81. The molecular formula is C22H29ClN4O. The van der Waals surface area contributed by atoms with E-state index in [1.165, 1.54) is 5.56 Å². The first-order valence-corrected chi connectivity index (χ1v) is 10.0. The number of benzene rings is 2. The molecule has 0 heterocycles. The molecule has 6 heteroatoms. The van der Waals surface area contributed by atoms with E-state index in [0.29, 0.717) is 6.54 Å². The molecule has 5 nitrogen and oxygen atoms in total. The number of guanidine groups is 1. The summed E-state index contributed by atoms with van der Waals surface area (Å²) in [4.78, 5) is 18.4. The number of carbonyl (C=O) groups is 1. The second kappa shape index (κ2) is 11.3. The van der Waals surface area contributed by atoms with Gasteiger partial charge in [0.15, 0.2) is 5.96 Å². The van der Waals surface area contributed by atoms with E-state index in [1.54, 1.807) is 7.05 Å². The first kappa shape index (κ1) is 21.8. The van der Waals surface area contributed by atoms with Gasteiger partial charge in [-0.05, 0) is 55.7 Å². The highest BCUT2D eigenvalue weighted by molar-refractivity contribution is 6.30. The van der Waals surface area contributed by atoms with Crippen molar-refractivity contribution in [2.24, 2.45) is 4.99 Å². The number of halogens is 1. The van der Waals surface area contributed by atoms with Gasteiger partial charge < -0.3 is 15.5 Å². The Bertz CT molecular complexity index is 785. The topological polar surface area (TPSA) is 56.7 Å². The van der Waals surface area contributed by atoms with Crippen LogP contribution in [0.2, 0.25) is 5.02 Å². The Morgan fingerprint density at radius 2 is 1.75 bits per heavy atom. The Hall–Kier alpha value is -2.53. The minimum atomic E-state index is 0.0722. The van der Waals surface area contributed by atoms with Crippen molar-refractivity contribution >= 4 is 23.5 Å². The number of amides is 1. The van der Waals surface area contributed by atoms with Crippen LogP contribution in [0, 0.1) is 0 Å². The van der Waals surface area contributed by atoms with Crippen LogP contribution in [0.1, 0.15) is 35.3 Å². The predicted octanol–water partition coefficient (Wildman–Crippen LogP) is 3.73. The normalized spacial score (nSPS) is 11.2. The van der Waals surface area contributed by atoms with Crippen molar-refractivity contribution in [2.75, 3.05) is 26.7 Å². The molecule has 28 heavy (non-hydrogen) atoms. The summed E-state index contributed by atoms with van der Waals surface area (Å²) in [6.07, 6.45) is 0.865. The lowest BCUT2D eigenvalue weighted by atomic mass is 10.1. The molecule has 0 radical (unpaired) electrons. The van der Waals surface area contributed by atoms with E-state index < -0.39 is 0 Å². The average molecular weight is 401 g/mol. The lowest BCUT2D eigenvalue weighted by molar-refractivity contribution is 0.0773. The molecule has 0 unspecified atom stereocenters. The van der Waals surface area contributed by atoms with Gasteiger partial charge in [0.2, 0.25) is 0 Å². The number of carbonyl (C=O) groups excluding carboxylic acids is 1. The predicted molar refractivity (Wildman–Crippen MR) is 117 cm³/mol. The lowest BCUT2D eigenvalue weighted by Gasteiger charge is -2.18. The molecule has 0 saturated carbocycles. The third kappa shape index (κ3) is 6.57. The largest absolute Gasteiger partial charge is 0.356 e.